The molecule has 226 valence electrons. The Labute approximate surface area is 227 Å². The van der Waals surface area contributed by atoms with Crippen LogP contribution in [-0.2, 0) is 46.9 Å². The Morgan fingerprint density at radius 1 is 0.711 bits per heavy atom. The molecule has 2 unspecified atom stereocenters. The molecule has 0 bridgehead atoms. The predicted octanol–water partition coefficient (Wildman–Crippen LogP) is 1.81. The fraction of sp³-hybridized carbons (Fsp3) is 0.917. The first-order valence-corrected chi connectivity index (χ1v) is 14.7. The molecule has 0 fully saturated rings. The van der Waals surface area contributed by atoms with Gasteiger partial charge in [-0.2, -0.15) is 0 Å². The first-order chi connectivity index (χ1) is 18.3. The van der Waals surface area contributed by atoms with Gasteiger partial charge in [0.25, 0.3) is 0 Å². The van der Waals surface area contributed by atoms with Crippen LogP contribution >= 0.6 is 7.82 Å². The van der Waals surface area contributed by atoms with Crippen molar-refractivity contribution < 1.29 is 51.8 Å². The molecule has 38 heavy (non-hydrogen) atoms. The summed E-state index contributed by atoms with van der Waals surface area (Å²) in [5.74, 6) is -0.169. The molecular formula is C24H49N2O11P. The molecule has 0 rings (SSSR count). The zero-order valence-corrected chi connectivity index (χ0v) is 24.2. The van der Waals surface area contributed by atoms with Gasteiger partial charge in [0.1, 0.15) is 6.10 Å². The van der Waals surface area contributed by atoms with Crippen molar-refractivity contribution in [1.82, 2.24) is 10.6 Å². The summed E-state index contributed by atoms with van der Waals surface area (Å²) in [5.41, 5.74) is 0. The Morgan fingerprint density at radius 2 is 1.29 bits per heavy atom. The summed E-state index contributed by atoms with van der Waals surface area (Å²) in [6, 6.07) is 0. The molecule has 2 atom stereocenters. The highest BCUT2D eigenvalue weighted by Gasteiger charge is 2.17. The molecule has 0 radical (unpaired) electrons. The lowest BCUT2D eigenvalue weighted by Gasteiger charge is -2.18. The Bertz CT molecular complexity index is 628. The van der Waals surface area contributed by atoms with Crippen LogP contribution in [0.5, 0.6) is 0 Å². The number of carbonyl (C=O) groups excluding carboxylic acids is 2. The maximum atomic E-state index is 12.0. The Kier molecular flexibility index (Phi) is 25.3. The minimum absolute atomic E-state index is 0.0793. The van der Waals surface area contributed by atoms with E-state index in [0.717, 1.165) is 26.4 Å². The molecule has 0 spiro atoms. The third kappa shape index (κ3) is 25.1. The molecule has 0 aliphatic rings. The van der Waals surface area contributed by atoms with Crippen molar-refractivity contribution in [2.45, 2.75) is 57.5 Å². The number of amides is 2. The molecule has 0 saturated carbocycles. The number of methoxy groups -OCH3 is 2. The number of phosphoric ester groups is 1. The summed E-state index contributed by atoms with van der Waals surface area (Å²) >= 11 is 0. The average molecular weight is 573 g/mol. The fourth-order valence-electron chi connectivity index (χ4n) is 3.04. The summed E-state index contributed by atoms with van der Waals surface area (Å²) in [5, 5.41) is 5.67. The normalized spacial score (nSPS) is 13.7. The molecule has 3 N–H and O–H groups in total. The topological polar surface area (TPSA) is 160 Å². The fourth-order valence-corrected chi connectivity index (χ4v) is 3.51. The van der Waals surface area contributed by atoms with Crippen LogP contribution in [0.15, 0.2) is 0 Å². The number of carbonyl (C=O) groups is 2. The maximum absolute atomic E-state index is 12.0. The third-order valence-corrected chi connectivity index (χ3v) is 6.12. The first-order valence-electron chi connectivity index (χ1n) is 13.2. The van der Waals surface area contributed by atoms with Gasteiger partial charge in [-0.15, -0.1) is 0 Å². The summed E-state index contributed by atoms with van der Waals surface area (Å²) in [6.45, 7) is 4.42. The number of nitrogens with one attached hydrogen (secondary N) is 2. The van der Waals surface area contributed by atoms with Crippen molar-refractivity contribution in [2.24, 2.45) is 0 Å². The summed E-state index contributed by atoms with van der Waals surface area (Å²) in [4.78, 5) is 32.9. The average Bonchev–Trinajstić information content (AvgIpc) is 2.89. The van der Waals surface area contributed by atoms with Gasteiger partial charge in [-0.1, -0.05) is 12.8 Å². The van der Waals surface area contributed by atoms with Crippen LogP contribution in [-0.4, -0.2) is 110 Å². The van der Waals surface area contributed by atoms with Crippen molar-refractivity contribution in [3.05, 3.63) is 0 Å². The van der Waals surface area contributed by atoms with Gasteiger partial charge in [-0.3, -0.25) is 18.6 Å². The van der Waals surface area contributed by atoms with E-state index in [-0.39, 0.29) is 24.5 Å². The Morgan fingerprint density at radius 3 is 1.92 bits per heavy atom. The van der Waals surface area contributed by atoms with Gasteiger partial charge in [0.05, 0.1) is 46.2 Å². The zero-order chi connectivity index (χ0) is 28.3. The van der Waals surface area contributed by atoms with Gasteiger partial charge in [0.2, 0.25) is 11.8 Å². The van der Waals surface area contributed by atoms with E-state index in [0.29, 0.717) is 91.4 Å². The minimum atomic E-state index is -3.90. The van der Waals surface area contributed by atoms with Crippen LogP contribution in [0.25, 0.3) is 0 Å². The molecule has 14 heteroatoms. The van der Waals surface area contributed by atoms with E-state index >= 15 is 0 Å². The van der Waals surface area contributed by atoms with Gasteiger partial charge >= 0.3 is 7.82 Å². The van der Waals surface area contributed by atoms with E-state index < -0.39 is 7.82 Å². The van der Waals surface area contributed by atoms with Crippen molar-refractivity contribution >= 4 is 19.6 Å². The quantitative estimate of drug-likeness (QED) is 0.0927. The zero-order valence-electron chi connectivity index (χ0n) is 23.3. The van der Waals surface area contributed by atoms with Gasteiger partial charge in [0, 0.05) is 53.9 Å². The largest absolute Gasteiger partial charge is 0.471 e. The van der Waals surface area contributed by atoms with E-state index in [1.165, 1.54) is 0 Å². The van der Waals surface area contributed by atoms with E-state index in [9.17, 15) is 14.2 Å². The van der Waals surface area contributed by atoms with E-state index in [1.807, 2.05) is 0 Å². The van der Waals surface area contributed by atoms with Crippen molar-refractivity contribution in [3.63, 3.8) is 0 Å². The summed E-state index contributed by atoms with van der Waals surface area (Å²) in [6.07, 6.45) is 4.65. The van der Waals surface area contributed by atoms with Crippen LogP contribution in [0.4, 0.5) is 0 Å². The molecule has 0 aromatic carbocycles. The van der Waals surface area contributed by atoms with Gasteiger partial charge in [-0.25, -0.2) is 4.57 Å². The molecular weight excluding hydrogens is 523 g/mol. The minimum Gasteiger partial charge on any atom is -0.382 e. The highest BCUT2D eigenvalue weighted by Crippen LogP contribution is 2.41. The van der Waals surface area contributed by atoms with Crippen molar-refractivity contribution in [3.8, 4) is 0 Å². The number of unbranched alkanes of at least 4 members (excludes halogenated alkanes) is 3. The van der Waals surface area contributed by atoms with E-state index in [4.69, 9.17) is 33.1 Å². The van der Waals surface area contributed by atoms with Crippen LogP contribution in [0.2, 0.25) is 0 Å². The number of ether oxygens (including phenoxy) is 5. The van der Waals surface area contributed by atoms with Crippen LogP contribution in [0.3, 0.4) is 0 Å². The number of phosphoric acid groups is 1. The predicted molar refractivity (Wildman–Crippen MR) is 141 cm³/mol. The highest BCUT2D eigenvalue weighted by molar-refractivity contribution is 7.47. The first kappa shape index (κ1) is 36.8. The lowest BCUT2D eigenvalue weighted by Crippen LogP contribution is -2.29. The van der Waals surface area contributed by atoms with E-state index in [1.54, 1.807) is 14.2 Å². The van der Waals surface area contributed by atoms with Crippen LogP contribution < -0.4 is 10.6 Å². The van der Waals surface area contributed by atoms with Crippen molar-refractivity contribution in [1.29, 1.82) is 0 Å². The highest BCUT2D eigenvalue weighted by atomic mass is 31.2. The number of hydrogen-bond donors (Lipinski definition) is 3. The van der Waals surface area contributed by atoms with Gasteiger partial charge in [0.15, 0.2) is 0 Å². The molecule has 0 aliphatic heterocycles. The smallest absolute Gasteiger partial charge is 0.382 e. The van der Waals surface area contributed by atoms with Crippen LogP contribution in [0, 0.1) is 0 Å². The lowest BCUT2D eigenvalue weighted by molar-refractivity contribution is -0.122. The third-order valence-electron chi connectivity index (χ3n) is 5.15. The molecule has 0 saturated heterocycles. The summed E-state index contributed by atoms with van der Waals surface area (Å²) in [7, 11) is 0.456. The molecule has 0 aliphatic carbocycles. The monoisotopic (exact) mass is 572 g/mol. The SMILES string of the molecule is COCCOCC(COCCCNC(=O)CCCC(=O)NCCCCCCOP(=O)(O)OC)OCCOC. The lowest BCUT2D eigenvalue weighted by atomic mass is 10.2. The van der Waals surface area contributed by atoms with Crippen LogP contribution in [0.1, 0.15) is 51.4 Å². The number of rotatable bonds is 28. The molecule has 2 amide bonds. The number of hydrogen-bond acceptors (Lipinski definition) is 10. The molecule has 0 heterocycles. The van der Waals surface area contributed by atoms with Gasteiger partial charge < -0.3 is 39.2 Å². The maximum Gasteiger partial charge on any atom is 0.471 e. The Balaban J connectivity index is 3.67. The molecule has 13 nitrogen and oxygen atoms in total. The van der Waals surface area contributed by atoms with Gasteiger partial charge in [-0.05, 0) is 25.7 Å². The second-order valence-electron chi connectivity index (χ2n) is 8.43. The standard InChI is InChI=1S/C24H49N2O11P/c1-31-16-18-35-21-22(36-19-17-32-2)20-34-14-9-13-26-24(28)11-8-10-23(27)25-12-6-4-5-7-15-37-38(29,30)33-3/h22H,4-21H2,1-3H3,(H,25,27)(H,26,28)(H,29,30). The second kappa shape index (κ2) is 26.1. The summed E-state index contributed by atoms with van der Waals surface area (Å²) < 4.78 is 47.0. The van der Waals surface area contributed by atoms with E-state index in [2.05, 4.69) is 15.2 Å². The molecule has 0 aromatic rings. The second-order valence-corrected chi connectivity index (χ2v) is 9.99. The van der Waals surface area contributed by atoms with Crippen molar-refractivity contribution in [2.75, 3.05) is 87.3 Å². The Hall–Kier alpha value is -1.15. The molecule has 0 aromatic heterocycles.